The van der Waals surface area contributed by atoms with E-state index in [0.717, 1.165) is 6.42 Å². The van der Waals surface area contributed by atoms with Crippen LogP contribution in [0.5, 0.6) is 0 Å². The molecule has 0 fully saturated rings. The van der Waals surface area contributed by atoms with Gasteiger partial charge in [-0.1, -0.05) is 36.4 Å². The smallest absolute Gasteiger partial charge is 0.0625 e. The number of rotatable bonds is 4. The first-order chi connectivity index (χ1) is 11.6. The molecule has 0 saturated heterocycles. The van der Waals surface area contributed by atoms with Crippen LogP contribution in [0.3, 0.4) is 0 Å². The fourth-order valence-corrected chi connectivity index (χ4v) is 4.19. The zero-order valence-electron chi connectivity index (χ0n) is 14.4. The van der Waals surface area contributed by atoms with Crippen molar-refractivity contribution in [3.05, 3.63) is 69.6 Å². The SMILES string of the molecule is C/C(=C\c1ccccc1C)c1cc2c(CCC#N)cc(C)cc2s1. The van der Waals surface area contributed by atoms with E-state index in [1.165, 1.54) is 42.8 Å². The highest BCUT2D eigenvalue weighted by Crippen LogP contribution is 2.34. The molecule has 1 heterocycles. The van der Waals surface area contributed by atoms with Gasteiger partial charge in [-0.25, -0.2) is 0 Å². The van der Waals surface area contributed by atoms with Gasteiger partial charge in [0.05, 0.1) is 6.07 Å². The van der Waals surface area contributed by atoms with Crippen LogP contribution in [0.15, 0.2) is 42.5 Å². The lowest BCUT2D eigenvalue weighted by Gasteiger charge is -2.02. The summed E-state index contributed by atoms with van der Waals surface area (Å²) in [5, 5.41) is 10.2. The van der Waals surface area contributed by atoms with Gasteiger partial charge in [-0.05, 0) is 72.5 Å². The normalized spacial score (nSPS) is 11.7. The Morgan fingerprint density at radius 1 is 1.17 bits per heavy atom. The highest BCUT2D eigenvalue weighted by Gasteiger charge is 2.09. The predicted molar refractivity (Wildman–Crippen MR) is 105 cm³/mol. The maximum Gasteiger partial charge on any atom is 0.0625 e. The first-order valence-electron chi connectivity index (χ1n) is 8.23. The number of aryl methyl sites for hydroxylation is 3. The average Bonchev–Trinajstić information content (AvgIpc) is 2.98. The Hall–Kier alpha value is -2.37. The number of allylic oxidation sites excluding steroid dienone is 1. The van der Waals surface area contributed by atoms with Crippen LogP contribution in [0.1, 0.15) is 40.5 Å². The second kappa shape index (κ2) is 7.03. The van der Waals surface area contributed by atoms with Gasteiger partial charge < -0.3 is 0 Å². The van der Waals surface area contributed by atoms with Crippen molar-refractivity contribution < 1.29 is 0 Å². The van der Waals surface area contributed by atoms with Gasteiger partial charge in [-0.15, -0.1) is 11.3 Å². The minimum absolute atomic E-state index is 0.571. The number of thiophene rings is 1. The molecule has 0 saturated carbocycles. The molecule has 0 amide bonds. The third-order valence-corrected chi connectivity index (χ3v) is 5.54. The second-order valence-corrected chi connectivity index (χ2v) is 7.37. The van der Waals surface area contributed by atoms with Crippen LogP contribution < -0.4 is 0 Å². The summed E-state index contributed by atoms with van der Waals surface area (Å²) in [5.41, 5.74) is 6.41. The van der Waals surface area contributed by atoms with E-state index in [-0.39, 0.29) is 0 Å². The molecule has 1 nitrogen and oxygen atoms in total. The number of nitrogens with zero attached hydrogens (tertiary/aromatic N) is 1. The average molecular weight is 331 g/mol. The molecular formula is C22H21NS. The van der Waals surface area contributed by atoms with E-state index >= 15 is 0 Å². The first kappa shape index (κ1) is 16.5. The van der Waals surface area contributed by atoms with E-state index in [4.69, 9.17) is 5.26 Å². The summed E-state index contributed by atoms with van der Waals surface area (Å²) in [6.07, 6.45) is 3.66. The van der Waals surface area contributed by atoms with Crippen molar-refractivity contribution in [1.82, 2.24) is 0 Å². The fourth-order valence-electron chi connectivity index (χ4n) is 3.01. The van der Waals surface area contributed by atoms with Crippen molar-refractivity contribution in [3.8, 4) is 6.07 Å². The third-order valence-electron chi connectivity index (χ3n) is 4.32. The molecule has 3 rings (SSSR count). The molecule has 0 bridgehead atoms. The molecule has 0 aliphatic rings. The van der Waals surface area contributed by atoms with Crippen LogP contribution in [0.2, 0.25) is 0 Å². The van der Waals surface area contributed by atoms with Gasteiger partial charge >= 0.3 is 0 Å². The third kappa shape index (κ3) is 3.42. The molecule has 0 radical (unpaired) electrons. The standard InChI is InChI=1S/C22H21NS/c1-15-11-19(9-6-10-23)20-14-21(24-22(20)12-15)17(3)13-18-8-5-4-7-16(18)2/h4-5,7-8,11-14H,6,9H2,1-3H3/b17-13+. The fraction of sp³-hybridized carbons (Fsp3) is 0.227. The maximum absolute atomic E-state index is 8.90. The van der Waals surface area contributed by atoms with Gasteiger partial charge in [-0.2, -0.15) is 5.26 Å². The largest absolute Gasteiger partial charge is 0.198 e. The van der Waals surface area contributed by atoms with Gasteiger partial charge in [-0.3, -0.25) is 0 Å². The van der Waals surface area contributed by atoms with Crippen LogP contribution >= 0.6 is 11.3 Å². The summed E-state index contributed by atoms with van der Waals surface area (Å²) in [6.45, 7) is 6.46. The molecule has 0 atom stereocenters. The topological polar surface area (TPSA) is 23.8 Å². The molecule has 3 aromatic rings. The molecule has 0 aliphatic heterocycles. The maximum atomic E-state index is 8.90. The predicted octanol–water partition coefficient (Wildman–Crippen LogP) is 6.53. The first-order valence-corrected chi connectivity index (χ1v) is 9.04. The molecule has 2 heteroatoms. The Labute approximate surface area is 147 Å². The molecule has 0 spiro atoms. The summed E-state index contributed by atoms with van der Waals surface area (Å²) in [6, 6.07) is 17.5. The van der Waals surface area contributed by atoms with Crippen molar-refractivity contribution in [2.24, 2.45) is 0 Å². The molecular weight excluding hydrogens is 310 g/mol. The number of fused-ring (bicyclic) bond motifs is 1. The summed E-state index contributed by atoms with van der Waals surface area (Å²) < 4.78 is 1.32. The second-order valence-electron chi connectivity index (χ2n) is 6.29. The van der Waals surface area contributed by atoms with E-state index in [0.29, 0.717) is 6.42 Å². The number of benzene rings is 2. The Kier molecular flexibility index (Phi) is 4.83. The lowest BCUT2D eigenvalue weighted by molar-refractivity contribution is 1.02. The lowest BCUT2D eigenvalue weighted by atomic mass is 10.0. The number of nitriles is 1. The van der Waals surface area contributed by atoms with Gasteiger partial charge in [0.1, 0.15) is 0 Å². The van der Waals surface area contributed by atoms with E-state index < -0.39 is 0 Å². The lowest BCUT2D eigenvalue weighted by Crippen LogP contribution is -1.86. The van der Waals surface area contributed by atoms with Crippen LogP contribution in [0.25, 0.3) is 21.7 Å². The number of hydrogen-bond donors (Lipinski definition) is 0. The molecule has 1 aromatic heterocycles. The molecule has 0 unspecified atom stereocenters. The highest BCUT2D eigenvalue weighted by molar-refractivity contribution is 7.20. The van der Waals surface area contributed by atoms with Gasteiger partial charge in [0.2, 0.25) is 0 Å². The Morgan fingerprint density at radius 2 is 1.96 bits per heavy atom. The monoisotopic (exact) mass is 331 g/mol. The van der Waals surface area contributed by atoms with E-state index in [2.05, 4.69) is 75.4 Å². The van der Waals surface area contributed by atoms with Crippen molar-refractivity contribution >= 4 is 33.1 Å². The van der Waals surface area contributed by atoms with Gasteiger partial charge in [0, 0.05) is 16.0 Å². The molecule has 120 valence electrons. The Balaban J connectivity index is 2.04. The number of hydrogen-bond acceptors (Lipinski definition) is 2. The van der Waals surface area contributed by atoms with Crippen LogP contribution in [0.4, 0.5) is 0 Å². The van der Waals surface area contributed by atoms with Crippen molar-refractivity contribution in [2.75, 3.05) is 0 Å². The van der Waals surface area contributed by atoms with Crippen molar-refractivity contribution in [3.63, 3.8) is 0 Å². The Morgan fingerprint density at radius 3 is 2.71 bits per heavy atom. The van der Waals surface area contributed by atoms with E-state index in [9.17, 15) is 0 Å². The van der Waals surface area contributed by atoms with Gasteiger partial charge in [0.15, 0.2) is 0 Å². The summed E-state index contributed by atoms with van der Waals surface area (Å²) in [4.78, 5) is 1.30. The Bertz CT molecular complexity index is 954. The quantitative estimate of drug-likeness (QED) is 0.533. The minimum Gasteiger partial charge on any atom is -0.198 e. The van der Waals surface area contributed by atoms with Crippen LogP contribution in [0, 0.1) is 25.2 Å². The molecule has 24 heavy (non-hydrogen) atoms. The molecule has 0 aliphatic carbocycles. The highest BCUT2D eigenvalue weighted by atomic mass is 32.1. The van der Waals surface area contributed by atoms with Crippen LogP contribution in [-0.2, 0) is 6.42 Å². The van der Waals surface area contributed by atoms with Crippen molar-refractivity contribution in [2.45, 2.75) is 33.6 Å². The van der Waals surface area contributed by atoms with E-state index in [1.54, 1.807) is 0 Å². The summed E-state index contributed by atoms with van der Waals surface area (Å²) >= 11 is 1.84. The minimum atomic E-state index is 0.571. The summed E-state index contributed by atoms with van der Waals surface area (Å²) in [7, 11) is 0. The molecule has 0 N–H and O–H groups in total. The zero-order chi connectivity index (χ0) is 17.1. The van der Waals surface area contributed by atoms with Crippen LogP contribution in [-0.4, -0.2) is 0 Å². The summed E-state index contributed by atoms with van der Waals surface area (Å²) in [5.74, 6) is 0. The van der Waals surface area contributed by atoms with Crippen molar-refractivity contribution in [1.29, 1.82) is 5.26 Å². The zero-order valence-corrected chi connectivity index (χ0v) is 15.2. The van der Waals surface area contributed by atoms with E-state index in [1.807, 2.05) is 11.3 Å². The van der Waals surface area contributed by atoms with Gasteiger partial charge in [0.25, 0.3) is 0 Å². The molecule has 2 aromatic carbocycles.